The lowest BCUT2D eigenvalue weighted by Gasteiger charge is -2.25. The molecule has 1 atom stereocenters. The van der Waals surface area contributed by atoms with Gasteiger partial charge in [0.15, 0.2) is 0 Å². The highest BCUT2D eigenvalue weighted by Gasteiger charge is 2.44. The van der Waals surface area contributed by atoms with Crippen molar-refractivity contribution in [2.75, 3.05) is 13.7 Å². The lowest BCUT2D eigenvalue weighted by molar-refractivity contribution is -0.0394. The van der Waals surface area contributed by atoms with Crippen LogP contribution in [-0.4, -0.2) is 19.7 Å². The molecular weight excluding hydrogens is 212 g/mol. The van der Waals surface area contributed by atoms with Gasteiger partial charge in [-0.15, -0.1) is 0 Å². The molecule has 1 fully saturated rings. The summed E-state index contributed by atoms with van der Waals surface area (Å²) in [4.78, 5) is 0. The molecule has 88 valence electrons. The standard InChI is InChI=1S/C12H15F2NO/c1-16-10-6-3-2-5-9(10)12(13,14)11-7-4-8-15-11/h2-3,5-6,11,15H,4,7-8H2,1H3. The van der Waals surface area contributed by atoms with E-state index in [-0.39, 0.29) is 11.3 Å². The molecule has 2 rings (SSSR count). The Morgan fingerprint density at radius 1 is 1.38 bits per heavy atom. The Bertz CT molecular complexity index is 362. The van der Waals surface area contributed by atoms with E-state index in [1.807, 2.05) is 0 Å². The fourth-order valence-corrected chi connectivity index (χ4v) is 2.10. The van der Waals surface area contributed by atoms with Crippen molar-refractivity contribution in [2.24, 2.45) is 0 Å². The van der Waals surface area contributed by atoms with Gasteiger partial charge < -0.3 is 10.1 Å². The molecular formula is C12H15F2NO. The van der Waals surface area contributed by atoms with Crippen LogP contribution >= 0.6 is 0 Å². The van der Waals surface area contributed by atoms with Gasteiger partial charge in [-0.2, -0.15) is 8.78 Å². The minimum atomic E-state index is -2.87. The fraction of sp³-hybridized carbons (Fsp3) is 0.500. The van der Waals surface area contributed by atoms with E-state index in [1.165, 1.54) is 13.2 Å². The predicted octanol–water partition coefficient (Wildman–Crippen LogP) is 2.54. The third-order valence-corrected chi connectivity index (χ3v) is 2.96. The number of para-hydroxylation sites is 1. The van der Waals surface area contributed by atoms with Crippen LogP contribution in [0.25, 0.3) is 0 Å². The lowest BCUT2D eigenvalue weighted by Crippen LogP contribution is -2.38. The van der Waals surface area contributed by atoms with Crippen molar-refractivity contribution < 1.29 is 13.5 Å². The summed E-state index contributed by atoms with van der Waals surface area (Å²) in [6.07, 6.45) is 1.31. The quantitative estimate of drug-likeness (QED) is 0.856. The summed E-state index contributed by atoms with van der Waals surface area (Å²) in [5.74, 6) is -2.62. The minimum Gasteiger partial charge on any atom is -0.496 e. The van der Waals surface area contributed by atoms with Crippen LogP contribution in [0.3, 0.4) is 0 Å². The van der Waals surface area contributed by atoms with E-state index in [1.54, 1.807) is 18.2 Å². The first-order valence-corrected chi connectivity index (χ1v) is 5.41. The molecule has 0 spiro atoms. The second-order valence-electron chi connectivity index (χ2n) is 3.97. The Labute approximate surface area is 93.6 Å². The van der Waals surface area contributed by atoms with Crippen LogP contribution in [0, 0.1) is 0 Å². The average Bonchev–Trinajstić information content (AvgIpc) is 2.83. The van der Waals surface area contributed by atoms with E-state index in [9.17, 15) is 8.78 Å². The molecule has 0 radical (unpaired) electrons. The molecule has 2 nitrogen and oxygen atoms in total. The van der Waals surface area contributed by atoms with E-state index in [4.69, 9.17) is 4.74 Å². The summed E-state index contributed by atoms with van der Waals surface area (Å²) >= 11 is 0. The molecule has 0 bridgehead atoms. The number of nitrogens with one attached hydrogen (secondary N) is 1. The summed E-state index contributed by atoms with van der Waals surface area (Å²) in [6, 6.07) is 5.53. The molecule has 1 aliphatic rings. The summed E-state index contributed by atoms with van der Waals surface area (Å²) in [6.45, 7) is 0.662. The van der Waals surface area contributed by atoms with Crippen molar-refractivity contribution in [1.82, 2.24) is 5.32 Å². The molecule has 1 N–H and O–H groups in total. The van der Waals surface area contributed by atoms with Gasteiger partial charge in [-0.25, -0.2) is 0 Å². The normalized spacial score (nSPS) is 21.1. The molecule has 0 saturated carbocycles. The van der Waals surface area contributed by atoms with Gasteiger partial charge in [0.05, 0.1) is 18.7 Å². The third-order valence-electron chi connectivity index (χ3n) is 2.96. The Balaban J connectivity index is 2.33. The molecule has 1 aromatic carbocycles. The number of rotatable bonds is 3. The zero-order chi connectivity index (χ0) is 11.6. The van der Waals surface area contributed by atoms with Crippen LogP contribution in [0.2, 0.25) is 0 Å². The maximum absolute atomic E-state index is 14.2. The minimum absolute atomic E-state index is 0.0306. The summed E-state index contributed by atoms with van der Waals surface area (Å²) in [5.41, 5.74) is -0.0306. The molecule has 0 aromatic heterocycles. The van der Waals surface area contributed by atoms with Gasteiger partial charge in [-0.05, 0) is 31.5 Å². The van der Waals surface area contributed by atoms with Gasteiger partial charge in [-0.1, -0.05) is 12.1 Å². The topological polar surface area (TPSA) is 21.3 Å². The molecule has 16 heavy (non-hydrogen) atoms. The van der Waals surface area contributed by atoms with Crippen LogP contribution < -0.4 is 10.1 Å². The zero-order valence-corrected chi connectivity index (χ0v) is 9.17. The SMILES string of the molecule is COc1ccccc1C(F)(F)C1CCCN1. The summed E-state index contributed by atoms with van der Waals surface area (Å²) in [5, 5.41) is 2.84. The van der Waals surface area contributed by atoms with E-state index < -0.39 is 12.0 Å². The highest BCUT2D eigenvalue weighted by atomic mass is 19.3. The Morgan fingerprint density at radius 2 is 2.12 bits per heavy atom. The van der Waals surface area contributed by atoms with E-state index in [0.29, 0.717) is 13.0 Å². The Morgan fingerprint density at radius 3 is 2.75 bits per heavy atom. The molecule has 1 aromatic rings. The number of halogens is 2. The van der Waals surface area contributed by atoms with E-state index in [2.05, 4.69) is 5.32 Å². The van der Waals surface area contributed by atoms with E-state index in [0.717, 1.165) is 6.42 Å². The van der Waals surface area contributed by atoms with Crippen molar-refractivity contribution in [3.8, 4) is 5.75 Å². The number of hydrogen-bond acceptors (Lipinski definition) is 2. The Kier molecular flexibility index (Phi) is 3.10. The van der Waals surface area contributed by atoms with Gasteiger partial charge >= 0.3 is 0 Å². The molecule has 1 aliphatic heterocycles. The van der Waals surface area contributed by atoms with Gasteiger partial charge in [0.2, 0.25) is 0 Å². The molecule has 1 saturated heterocycles. The van der Waals surface area contributed by atoms with Crippen molar-refractivity contribution in [3.63, 3.8) is 0 Å². The highest BCUT2D eigenvalue weighted by Crippen LogP contribution is 2.40. The first-order valence-electron chi connectivity index (χ1n) is 5.41. The van der Waals surface area contributed by atoms with Gasteiger partial charge in [-0.3, -0.25) is 0 Å². The fourth-order valence-electron chi connectivity index (χ4n) is 2.10. The highest BCUT2D eigenvalue weighted by molar-refractivity contribution is 5.37. The van der Waals surface area contributed by atoms with Crippen molar-refractivity contribution in [2.45, 2.75) is 24.8 Å². The van der Waals surface area contributed by atoms with Crippen molar-refractivity contribution >= 4 is 0 Å². The predicted molar refractivity (Wildman–Crippen MR) is 57.9 cm³/mol. The molecule has 0 aliphatic carbocycles. The Hall–Kier alpha value is -1.16. The zero-order valence-electron chi connectivity index (χ0n) is 9.17. The first kappa shape index (κ1) is 11.3. The van der Waals surface area contributed by atoms with Crippen LogP contribution in [0.1, 0.15) is 18.4 Å². The van der Waals surface area contributed by atoms with E-state index >= 15 is 0 Å². The van der Waals surface area contributed by atoms with Crippen LogP contribution in [0.4, 0.5) is 8.78 Å². The third kappa shape index (κ3) is 1.89. The molecule has 4 heteroatoms. The van der Waals surface area contributed by atoms with Crippen molar-refractivity contribution in [3.05, 3.63) is 29.8 Å². The second-order valence-corrected chi connectivity index (χ2v) is 3.97. The largest absolute Gasteiger partial charge is 0.496 e. The van der Waals surface area contributed by atoms with Gasteiger partial charge in [0.25, 0.3) is 5.92 Å². The molecule has 0 amide bonds. The van der Waals surface area contributed by atoms with Crippen molar-refractivity contribution in [1.29, 1.82) is 0 Å². The monoisotopic (exact) mass is 227 g/mol. The smallest absolute Gasteiger partial charge is 0.291 e. The number of methoxy groups -OCH3 is 1. The summed E-state index contributed by atoms with van der Waals surface area (Å²) in [7, 11) is 1.41. The average molecular weight is 227 g/mol. The molecule has 1 heterocycles. The number of benzene rings is 1. The number of hydrogen-bond donors (Lipinski definition) is 1. The number of alkyl halides is 2. The maximum atomic E-state index is 14.2. The first-order chi connectivity index (χ1) is 7.66. The molecule has 1 unspecified atom stereocenters. The number of ether oxygens (including phenoxy) is 1. The lowest BCUT2D eigenvalue weighted by atomic mass is 9.99. The summed E-state index contributed by atoms with van der Waals surface area (Å²) < 4.78 is 33.3. The second kappa shape index (κ2) is 4.37. The van der Waals surface area contributed by atoms with Crippen LogP contribution in [0.15, 0.2) is 24.3 Å². The van der Waals surface area contributed by atoms with Gasteiger partial charge in [0.1, 0.15) is 5.75 Å². The van der Waals surface area contributed by atoms with Gasteiger partial charge in [0, 0.05) is 0 Å². The van der Waals surface area contributed by atoms with Crippen LogP contribution in [-0.2, 0) is 5.92 Å². The van der Waals surface area contributed by atoms with Crippen LogP contribution in [0.5, 0.6) is 5.75 Å². The maximum Gasteiger partial charge on any atom is 0.291 e.